The summed E-state index contributed by atoms with van der Waals surface area (Å²) in [4.78, 5) is 8.75. The molecule has 4 nitrogen and oxygen atoms in total. The topological polar surface area (TPSA) is 49.8 Å². The van der Waals surface area contributed by atoms with Crippen molar-refractivity contribution in [1.82, 2.24) is 9.97 Å². The third-order valence-electron chi connectivity index (χ3n) is 3.59. The monoisotopic (exact) mass is 356 g/mol. The zero-order valence-electron chi connectivity index (χ0n) is 14.0. The Labute approximate surface area is 151 Å². The van der Waals surface area contributed by atoms with Gasteiger partial charge in [-0.15, -0.1) is 0 Å². The lowest BCUT2D eigenvalue weighted by molar-refractivity contribution is 0.628. The number of hydrogen-bond acceptors (Lipinski definition) is 4. The zero-order chi connectivity index (χ0) is 17.8. The van der Waals surface area contributed by atoms with Crippen molar-refractivity contribution in [3.8, 4) is 0 Å². The smallest absolute Gasteiger partial charge is 0.141 e. The number of aromatic nitrogens is 2. The van der Waals surface area contributed by atoms with Crippen molar-refractivity contribution in [1.29, 1.82) is 0 Å². The Morgan fingerprint density at radius 3 is 2.56 bits per heavy atom. The Hall–Kier alpha value is -2.66. The van der Waals surface area contributed by atoms with Crippen molar-refractivity contribution in [2.24, 2.45) is 0 Å². The van der Waals surface area contributed by atoms with Gasteiger partial charge in [0, 0.05) is 18.3 Å². The molecule has 0 amide bonds. The lowest BCUT2D eigenvalue weighted by Gasteiger charge is -2.11. The number of anilines is 3. The Bertz CT molecular complexity index is 898. The summed E-state index contributed by atoms with van der Waals surface area (Å²) in [7, 11) is 0. The summed E-state index contributed by atoms with van der Waals surface area (Å²) in [6, 6.07) is 14.5. The lowest BCUT2D eigenvalue weighted by atomic mass is 10.1. The van der Waals surface area contributed by atoms with Crippen LogP contribution in [0.5, 0.6) is 0 Å². The molecule has 0 saturated heterocycles. The fraction of sp³-hybridized carbons (Fsp3) is 0.158. The maximum Gasteiger partial charge on any atom is 0.141 e. The van der Waals surface area contributed by atoms with Crippen molar-refractivity contribution in [2.45, 2.75) is 20.4 Å². The van der Waals surface area contributed by atoms with E-state index in [0.29, 0.717) is 29.7 Å². The lowest BCUT2D eigenvalue weighted by Crippen LogP contribution is -2.05. The van der Waals surface area contributed by atoms with Gasteiger partial charge >= 0.3 is 0 Å². The second kappa shape index (κ2) is 7.49. The molecule has 0 bridgehead atoms. The van der Waals surface area contributed by atoms with Gasteiger partial charge in [0.25, 0.3) is 0 Å². The summed E-state index contributed by atoms with van der Waals surface area (Å²) in [5, 5.41) is 6.48. The van der Waals surface area contributed by atoms with Gasteiger partial charge in [-0.25, -0.2) is 14.4 Å². The molecule has 0 aliphatic heterocycles. The van der Waals surface area contributed by atoms with Crippen LogP contribution in [-0.4, -0.2) is 9.97 Å². The number of benzene rings is 2. The second-order valence-electron chi connectivity index (χ2n) is 5.78. The van der Waals surface area contributed by atoms with Crippen LogP contribution in [0.1, 0.15) is 17.0 Å². The van der Waals surface area contributed by atoms with Gasteiger partial charge in [-0.05, 0) is 37.6 Å². The van der Waals surface area contributed by atoms with Crippen LogP contribution in [0.25, 0.3) is 0 Å². The molecule has 0 unspecified atom stereocenters. The van der Waals surface area contributed by atoms with Crippen LogP contribution in [0.15, 0.2) is 48.5 Å². The second-order valence-corrected chi connectivity index (χ2v) is 6.19. The van der Waals surface area contributed by atoms with E-state index in [1.165, 1.54) is 23.3 Å². The van der Waals surface area contributed by atoms with Gasteiger partial charge in [-0.1, -0.05) is 41.4 Å². The van der Waals surface area contributed by atoms with Crippen molar-refractivity contribution in [2.75, 3.05) is 10.6 Å². The Morgan fingerprint density at radius 1 is 1.00 bits per heavy atom. The fourth-order valence-corrected chi connectivity index (χ4v) is 2.64. The van der Waals surface area contributed by atoms with Crippen LogP contribution in [0.4, 0.5) is 21.7 Å². The van der Waals surface area contributed by atoms with Crippen LogP contribution in [0.3, 0.4) is 0 Å². The van der Waals surface area contributed by atoms with Gasteiger partial charge in [-0.2, -0.15) is 0 Å². The summed E-state index contributed by atoms with van der Waals surface area (Å²) in [5.74, 6) is 1.50. The maximum atomic E-state index is 13.3. The van der Waals surface area contributed by atoms with Gasteiger partial charge in [0.05, 0.1) is 5.02 Å². The molecule has 3 aromatic rings. The van der Waals surface area contributed by atoms with Crippen molar-refractivity contribution in [3.63, 3.8) is 0 Å². The molecule has 0 saturated carbocycles. The van der Waals surface area contributed by atoms with E-state index in [0.717, 1.165) is 0 Å². The minimum absolute atomic E-state index is 0.0635. The summed E-state index contributed by atoms with van der Waals surface area (Å²) < 4.78 is 13.3. The number of nitrogens with zero attached hydrogens (tertiary/aromatic N) is 2. The first kappa shape index (κ1) is 17.2. The summed E-state index contributed by atoms with van der Waals surface area (Å²) >= 11 is 5.81. The normalized spacial score (nSPS) is 10.6. The van der Waals surface area contributed by atoms with Crippen molar-refractivity contribution >= 4 is 28.9 Å². The quantitative estimate of drug-likeness (QED) is 0.656. The molecule has 2 N–H and O–H groups in total. The van der Waals surface area contributed by atoms with Crippen LogP contribution in [-0.2, 0) is 6.54 Å². The van der Waals surface area contributed by atoms with Gasteiger partial charge < -0.3 is 10.6 Å². The molecule has 6 heteroatoms. The summed E-state index contributed by atoms with van der Waals surface area (Å²) in [5.41, 5.74) is 3.05. The highest BCUT2D eigenvalue weighted by Crippen LogP contribution is 2.23. The van der Waals surface area contributed by atoms with E-state index in [2.05, 4.69) is 45.7 Å². The standard InChI is InChI=1S/C19H18ClFN4/c1-12-4-3-5-14(8-12)11-22-18-10-19(24-13(2)23-18)25-15-6-7-17(21)16(20)9-15/h3-10H,11H2,1-2H3,(H2,22,23,24,25). The van der Waals surface area contributed by atoms with Gasteiger partial charge in [-0.3, -0.25) is 0 Å². The van der Waals surface area contributed by atoms with E-state index in [9.17, 15) is 4.39 Å². The fourth-order valence-electron chi connectivity index (χ4n) is 2.46. The average Bonchev–Trinajstić information content (AvgIpc) is 2.56. The van der Waals surface area contributed by atoms with Gasteiger partial charge in [0.1, 0.15) is 23.3 Å². The molecule has 0 radical (unpaired) electrons. The highest BCUT2D eigenvalue weighted by Gasteiger charge is 2.05. The first-order chi connectivity index (χ1) is 12.0. The average molecular weight is 357 g/mol. The van der Waals surface area contributed by atoms with Crippen LogP contribution >= 0.6 is 11.6 Å². The number of rotatable bonds is 5. The predicted molar refractivity (Wildman–Crippen MR) is 100.0 cm³/mol. The van der Waals surface area contributed by atoms with Gasteiger partial charge in [0.15, 0.2) is 0 Å². The Morgan fingerprint density at radius 2 is 1.80 bits per heavy atom. The third kappa shape index (κ3) is 4.67. The number of halogens is 2. The number of hydrogen-bond donors (Lipinski definition) is 2. The molecular formula is C19H18ClFN4. The van der Waals surface area contributed by atoms with Crippen LogP contribution < -0.4 is 10.6 Å². The molecule has 25 heavy (non-hydrogen) atoms. The van der Waals surface area contributed by atoms with E-state index in [1.807, 2.05) is 13.0 Å². The first-order valence-electron chi connectivity index (χ1n) is 7.87. The minimum atomic E-state index is -0.452. The molecule has 0 aliphatic carbocycles. The predicted octanol–water partition coefficient (Wildman–Crippen LogP) is 5.24. The van der Waals surface area contributed by atoms with E-state index in [-0.39, 0.29) is 5.02 Å². The molecule has 1 heterocycles. The molecule has 3 rings (SSSR count). The largest absolute Gasteiger partial charge is 0.366 e. The van der Waals surface area contributed by atoms with Gasteiger partial charge in [0.2, 0.25) is 0 Å². The zero-order valence-corrected chi connectivity index (χ0v) is 14.7. The number of nitrogens with one attached hydrogen (secondary N) is 2. The molecule has 0 atom stereocenters. The maximum absolute atomic E-state index is 13.3. The Balaban J connectivity index is 1.74. The first-order valence-corrected chi connectivity index (χ1v) is 8.24. The SMILES string of the molecule is Cc1cccc(CNc2cc(Nc3ccc(F)c(Cl)c3)nc(C)n2)c1. The van der Waals surface area contributed by atoms with Crippen LogP contribution in [0.2, 0.25) is 5.02 Å². The molecule has 0 spiro atoms. The summed E-state index contributed by atoms with van der Waals surface area (Å²) in [6.45, 7) is 4.55. The molecule has 1 aromatic heterocycles. The third-order valence-corrected chi connectivity index (χ3v) is 3.88. The van der Waals surface area contributed by atoms with E-state index in [1.54, 1.807) is 12.1 Å². The molecule has 0 aliphatic rings. The highest BCUT2D eigenvalue weighted by molar-refractivity contribution is 6.31. The van der Waals surface area contributed by atoms with E-state index >= 15 is 0 Å². The molecule has 2 aromatic carbocycles. The van der Waals surface area contributed by atoms with E-state index < -0.39 is 5.82 Å². The highest BCUT2D eigenvalue weighted by atomic mass is 35.5. The minimum Gasteiger partial charge on any atom is -0.366 e. The molecular weight excluding hydrogens is 339 g/mol. The molecule has 0 fully saturated rings. The Kier molecular flexibility index (Phi) is 5.14. The van der Waals surface area contributed by atoms with E-state index in [4.69, 9.17) is 11.6 Å². The van der Waals surface area contributed by atoms with Crippen molar-refractivity contribution in [3.05, 3.63) is 76.3 Å². The molecule has 128 valence electrons. The van der Waals surface area contributed by atoms with Crippen LogP contribution in [0, 0.1) is 19.7 Å². The number of aryl methyl sites for hydroxylation is 2. The van der Waals surface area contributed by atoms with Crippen molar-refractivity contribution < 1.29 is 4.39 Å². The summed E-state index contributed by atoms with van der Waals surface area (Å²) in [6.07, 6.45) is 0.